The average molecular weight is 428 g/mol. The first-order valence-corrected chi connectivity index (χ1v) is 10.8. The number of amides is 1. The molecule has 0 unspecified atom stereocenters. The lowest BCUT2D eigenvalue weighted by atomic mass is 10.1. The fraction of sp³-hybridized carbons (Fsp3) is 0.269. The number of aromatic nitrogens is 4. The van der Waals surface area contributed by atoms with Gasteiger partial charge < -0.3 is 5.32 Å². The maximum absolute atomic E-state index is 13.0. The van der Waals surface area contributed by atoms with Gasteiger partial charge in [0, 0.05) is 11.3 Å². The van der Waals surface area contributed by atoms with E-state index >= 15 is 0 Å². The van der Waals surface area contributed by atoms with Crippen molar-refractivity contribution in [2.24, 2.45) is 0 Å². The fourth-order valence-corrected chi connectivity index (χ4v) is 3.90. The molecular weight excluding hydrogens is 398 g/mol. The molecule has 0 saturated carbocycles. The Hall–Kier alpha value is -3.67. The molecule has 0 fully saturated rings. The molecule has 1 N–H and O–H groups in total. The lowest BCUT2D eigenvalue weighted by Crippen LogP contribution is -2.14. The third-order valence-corrected chi connectivity index (χ3v) is 5.70. The van der Waals surface area contributed by atoms with Crippen molar-refractivity contribution >= 4 is 11.6 Å². The zero-order chi connectivity index (χ0) is 22.8. The molecule has 32 heavy (non-hydrogen) atoms. The second-order valence-corrected chi connectivity index (χ2v) is 8.43. The van der Waals surface area contributed by atoms with Crippen molar-refractivity contribution in [1.29, 1.82) is 0 Å². The summed E-state index contributed by atoms with van der Waals surface area (Å²) in [6, 6.07) is 18.2. The number of nitrogens with one attached hydrogen (secondary N) is 1. The highest BCUT2D eigenvalue weighted by atomic mass is 16.1. The minimum Gasteiger partial charge on any atom is -0.319 e. The first-order valence-electron chi connectivity index (χ1n) is 10.8. The monoisotopic (exact) mass is 427 g/mol. The Balaban J connectivity index is 1.51. The van der Waals surface area contributed by atoms with E-state index in [4.69, 9.17) is 0 Å². The number of hydrogen-bond donors (Lipinski definition) is 1. The number of carbonyl (C=O) groups excluding carboxylic acids is 1. The Morgan fingerprint density at radius 3 is 2.25 bits per heavy atom. The van der Waals surface area contributed by atoms with Gasteiger partial charge in [-0.25, -0.2) is 0 Å². The van der Waals surface area contributed by atoms with Gasteiger partial charge >= 0.3 is 0 Å². The van der Waals surface area contributed by atoms with Crippen molar-refractivity contribution in [2.75, 3.05) is 5.32 Å². The maximum Gasteiger partial charge on any atom is 0.255 e. The Morgan fingerprint density at radius 1 is 0.844 bits per heavy atom. The molecule has 1 amide bonds. The first-order chi connectivity index (χ1) is 15.3. The van der Waals surface area contributed by atoms with E-state index in [-0.39, 0.29) is 5.91 Å². The summed E-state index contributed by atoms with van der Waals surface area (Å²) in [6.45, 7) is 11.3. The van der Waals surface area contributed by atoms with E-state index in [9.17, 15) is 4.79 Å². The van der Waals surface area contributed by atoms with Crippen molar-refractivity contribution in [2.45, 2.75) is 47.7 Å². The Labute approximate surface area is 188 Å². The van der Waals surface area contributed by atoms with Gasteiger partial charge in [-0.1, -0.05) is 42.0 Å². The van der Waals surface area contributed by atoms with Gasteiger partial charge in [-0.05, 0) is 63.9 Å². The summed E-state index contributed by atoms with van der Waals surface area (Å²) >= 11 is 0. The number of carbonyl (C=O) groups is 1. The number of anilines is 1. The van der Waals surface area contributed by atoms with Crippen LogP contribution in [0.5, 0.6) is 0 Å². The Kier molecular flexibility index (Phi) is 5.95. The van der Waals surface area contributed by atoms with Crippen LogP contribution in [0.25, 0.3) is 0 Å². The minimum atomic E-state index is -0.138. The van der Waals surface area contributed by atoms with Crippen LogP contribution >= 0.6 is 0 Å². The topological polar surface area (TPSA) is 64.7 Å². The standard InChI is InChI=1S/C26H29N5O/c1-17-9-11-22(12-10-17)15-31-21(5)25(20(4)29-31)27-26(32)24-8-6-7-23(14-24)16-30-19(3)13-18(2)28-30/h6-14H,15-16H2,1-5H3,(H,27,32). The van der Waals surface area contributed by atoms with E-state index < -0.39 is 0 Å². The molecule has 164 valence electrons. The molecule has 0 saturated heterocycles. The number of benzene rings is 2. The van der Waals surface area contributed by atoms with E-state index in [0.717, 1.165) is 34.0 Å². The molecule has 6 heteroatoms. The van der Waals surface area contributed by atoms with Gasteiger partial charge in [0.15, 0.2) is 0 Å². The Morgan fingerprint density at radius 2 is 1.56 bits per heavy atom. The van der Waals surface area contributed by atoms with Crippen molar-refractivity contribution in [3.8, 4) is 0 Å². The maximum atomic E-state index is 13.0. The van der Waals surface area contributed by atoms with Crippen molar-refractivity contribution < 1.29 is 4.79 Å². The molecule has 0 bridgehead atoms. The predicted molar refractivity (Wildman–Crippen MR) is 127 cm³/mol. The zero-order valence-corrected chi connectivity index (χ0v) is 19.3. The summed E-state index contributed by atoms with van der Waals surface area (Å²) in [5.41, 5.74) is 8.67. The Bertz CT molecular complexity index is 1260. The number of aryl methyl sites for hydroxylation is 4. The van der Waals surface area contributed by atoms with E-state index in [0.29, 0.717) is 18.7 Å². The van der Waals surface area contributed by atoms with Gasteiger partial charge in [0.05, 0.1) is 35.9 Å². The van der Waals surface area contributed by atoms with Gasteiger partial charge in [-0.3, -0.25) is 14.2 Å². The lowest BCUT2D eigenvalue weighted by molar-refractivity contribution is 0.102. The van der Waals surface area contributed by atoms with Crippen LogP contribution in [0, 0.1) is 34.6 Å². The molecular formula is C26H29N5O. The summed E-state index contributed by atoms with van der Waals surface area (Å²) in [5.74, 6) is -0.138. The van der Waals surface area contributed by atoms with E-state index in [1.165, 1.54) is 11.1 Å². The average Bonchev–Trinajstić information content (AvgIpc) is 3.21. The molecule has 4 rings (SSSR count). The molecule has 6 nitrogen and oxygen atoms in total. The van der Waals surface area contributed by atoms with Gasteiger partial charge in [0.2, 0.25) is 0 Å². The molecule has 2 aromatic heterocycles. The van der Waals surface area contributed by atoms with Crippen molar-refractivity contribution in [3.05, 3.63) is 99.6 Å². The third-order valence-electron chi connectivity index (χ3n) is 5.70. The molecule has 2 heterocycles. The van der Waals surface area contributed by atoms with Crippen LogP contribution in [0.2, 0.25) is 0 Å². The highest BCUT2D eigenvalue weighted by molar-refractivity contribution is 6.05. The van der Waals surface area contributed by atoms with Crippen LogP contribution in [-0.2, 0) is 13.1 Å². The summed E-state index contributed by atoms with van der Waals surface area (Å²) in [5, 5.41) is 12.2. The van der Waals surface area contributed by atoms with E-state index in [1.54, 1.807) is 0 Å². The predicted octanol–water partition coefficient (Wildman–Crippen LogP) is 4.97. The molecule has 0 aliphatic rings. The zero-order valence-electron chi connectivity index (χ0n) is 19.3. The fourth-order valence-electron chi connectivity index (χ4n) is 3.90. The summed E-state index contributed by atoms with van der Waals surface area (Å²) < 4.78 is 3.89. The molecule has 0 spiro atoms. The highest BCUT2D eigenvalue weighted by Crippen LogP contribution is 2.22. The van der Waals surface area contributed by atoms with Crippen molar-refractivity contribution in [1.82, 2.24) is 19.6 Å². The van der Waals surface area contributed by atoms with Gasteiger partial charge in [0.25, 0.3) is 5.91 Å². The molecule has 0 aliphatic carbocycles. The van der Waals surface area contributed by atoms with Gasteiger partial charge in [0.1, 0.15) is 0 Å². The van der Waals surface area contributed by atoms with Crippen LogP contribution in [0.4, 0.5) is 5.69 Å². The molecule has 4 aromatic rings. The summed E-state index contributed by atoms with van der Waals surface area (Å²) in [7, 11) is 0. The number of rotatable bonds is 6. The smallest absolute Gasteiger partial charge is 0.255 e. The minimum absolute atomic E-state index is 0.138. The van der Waals surface area contributed by atoms with Crippen LogP contribution < -0.4 is 5.32 Å². The molecule has 0 atom stereocenters. The third kappa shape index (κ3) is 4.64. The molecule has 0 radical (unpaired) electrons. The van der Waals surface area contributed by atoms with Crippen LogP contribution in [0.1, 0.15) is 49.8 Å². The SMILES string of the molecule is Cc1ccc(Cn2nc(C)c(NC(=O)c3cccc(Cn4nc(C)cc4C)c3)c2C)cc1. The molecule has 2 aromatic carbocycles. The van der Waals surface area contributed by atoms with E-state index in [1.807, 2.05) is 61.3 Å². The molecule has 0 aliphatic heterocycles. The normalized spacial score (nSPS) is 11.0. The van der Waals surface area contributed by atoms with Crippen LogP contribution in [-0.4, -0.2) is 25.5 Å². The number of hydrogen-bond acceptors (Lipinski definition) is 3. The van der Waals surface area contributed by atoms with Gasteiger partial charge in [-0.2, -0.15) is 10.2 Å². The largest absolute Gasteiger partial charge is 0.319 e. The van der Waals surface area contributed by atoms with E-state index in [2.05, 4.69) is 52.8 Å². The van der Waals surface area contributed by atoms with Crippen LogP contribution in [0.3, 0.4) is 0 Å². The second-order valence-electron chi connectivity index (χ2n) is 8.43. The second kappa shape index (κ2) is 8.83. The lowest BCUT2D eigenvalue weighted by Gasteiger charge is -2.09. The summed E-state index contributed by atoms with van der Waals surface area (Å²) in [4.78, 5) is 13.0. The quantitative estimate of drug-likeness (QED) is 0.472. The highest BCUT2D eigenvalue weighted by Gasteiger charge is 2.16. The first kappa shape index (κ1) is 21.6. The number of nitrogens with zero attached hydrogens (tertiary/aromatic N) is 4. The van der Waals surface area contributed by atoms with Crippen molar-refractivity contribution in [3.63, 3.8) is 0 Å². The van der Waals surface area contributed by atoms with Gasteiger partial charge in [-0.15, -0.1) is 0 Å². The van der Waals surface area contributed by atoms with Crippen LogP contribution in [0.15, 0.2) is 54.6 Å². The summed E-state index contributed by atoms with van der Waals surface area (Å²) in [6.07, 6.45) is 0.